The molecular formula is C20H15Cl2F2N3O3. The molecule has 0 unspecified atom stereocenters. The number of hydrogen-bond acceptors (Lipinski definition) is 4. The normalized spacial score (nSPS) is 10.7. The molecule has 10 heteroatoms. The minimum absolute atomic E-state index is 0.0671. The second-order valence-electron chi connectivity index (χ2n) is 6.19. The molecule has 2 aromatic carbocycles. The molecule has 0 spiro atoms. The monoisotopic (exact) mass is 453 g/mol. The maximum Gasteiger partial charge on any atom is 0.280 e. The van der Waals surface area contributed by atoms with Crippen LogP contribution in [0.4, 0.5) is 8.78 Å². The van der Waals surface area contributed by atoms with Crippen LogP contribution < -0.4 is 15.6 Å². The molecule has 0 aliphatic rings. The van der Waals surface area contributed by atoms with Crippen molar-refractivity contribution in [2.45, 2.75) is 13.5 Å². The van der Waals surface area contributed by atoms with Gasteiger partial charge in [-0.15, -0.1) is 0 Å². The van der Waals surface area contributed by atoms with Gasteiger partial charge in [0.05, 0.1) is 10.7 Å². The summed E-state index contributed by atoms with van der Waals surface area (Å²) in [5.41, 5.74) is -0.121. The molecule has 0 atom stereocenters. The van der Waals surface area contributed by atoms with Gasteiger partial charge in [0.15, 0.2) is 5.02 Å². The highest BCUT2D eigenvalue weighted by Gasteiger charge is 2.19. The standard InChI is InChI=1S/C20H15Cl2F2N3O3/c1-10-26-19(30-9-12-3-5-13(23)8-15(12)24)17(22)20(29)27(10)16-7-11(18(28)25-2)4-6-14(16)21/h3-8H,9H2,1-2H3,(H,25,28). The molecule has 0 saturated heterocycles. The van der Waals surface area contributed by atoms with E-state index in [4.69, 9.17) is 27.9 Å². The predicted molar refractivity (Wildman–Crippen MR) is 109 cm³/mol. The van der Waals surface area contributed by atoms with E-state index in [1.54, 1.807) is 0 Å². The van der Waals surface area contributed by atoms with Crippen LogP contribution >= 0.6 is 23.2 Å². The van der Waals surface area contributed by atoms with Crippen LogP contribution in [0.5, 0.6) is 5.88 Å². The molecule has 0 aliphatic heterocycles. The molecule has 0 fully saturated rings. The van der Waals surface area contributed by atoms with E-state index in [2.05, 4.69) is 10.3 Å². The van der Waals surface area contributed by atoms with Crippen molar-refractivity contribution in [2.24, 2.45) is 0 Å². The molecule has 1 aromatic heterocycles. The molecule has 1 heterocycles. The second-order valence-corrected chi connectivity index (χ2v) is 6.97. The quantitative estimate of drug-likeness (QED) is 0.631. The third-order valence-electron chi connectivity index (χ3n) is 4.22. The number of rotatable bonds is 5. The third-order valence-corrected chi connectivity index (χ3v) is 4.86. The fourth-order valence-corrected chi connectivity index (χ4v) is 3.10. The molecule has 156 valence electrons. The molecular weight excluding hydrogens is 439 g/mol. The lowest BCUT2D eigenvalue weighted by Gasteiger charge is -2.15. The highest BCUT2D eigenvalue weighted by molar-refractivity contribution is 6.33. The number of nitrogens with zero attached hydrogens (tertiary/aromatic N) is 2. The van der Waals surface area contributed by atoms with Gasteiger partial charge in [0.2, 0.25) is 5.88 Å². The van der Waals surface area contributed by atoms with E-state index in [9.17, 15) is 18.4 Å². The van der Waals surface area contributed by atoms with Crippen LogP contribution in [0.1, 0.15) is 21.7 Å². The molecule has 0 aliphatic carbocycles. The Bertz CT molecular complexity index is 1200. The number of carbonyl (C=O) groups is 1. The first kappa shape index (κ1) is 21.7. The average molecular weight is 454 g/mol. The lowest BCUT2D eigenvalue weighted by Crippen LogP contribution is -2.25. The molecule has 0 radical (unpaired) electrons. The second kappa shape index (κ2) is 8.81. The Morgan fingerprint density at radius 1 is 1.20 bits per heavy atom. The maximum absolute atomic E-state index is 13.8. The van der Waals surface area contributed by atoms with Crippen LogP contribution in [0.15, 0.2) is 41.2 Å². The number of nitrogens with one attached hydrogen (secondary N) is 1. The highest BCUT2D eigenvalue weighted by Crippen LogP contribution is 2.26. The topological polar surface area (TPSA) is 73.2 Å². The van der Waals surface area contributed by atoms with Crippen LogP contribution in [-0.4, -0.2) is 22.5 Å². The van der Waals surface area contributed by atoms with Gasteiger partial charge in [-0.2, -0.15) is 4.98 Å². The van der Waals surface area contributed by atoms with Crippen molar-refractivity contribution in [1.82, 2.24) is 14.9 Å². The zero-order valence-electron chi connectivity index (χ0n) is 15.8. The minimum Gasteiger partial charge on any atom is -0.471 e. The maximum atomic E-state index is 13.8. The largest absolute Gasteiger partial charge is 0.471 e. The Balaban J connectivity index is 2.00. The van der Waals surface area contributed by atoms with Crippen LogP contribution in [0.3, 0.4) is 0 Å². The van der Waals surface area contributed by atoms with Gasteiger partial charge in [0, 0.05) is 24.2 Å². The Hall–Kier alpha value is -2.97. The summed E-state index contributed by atoms with van der Waals surface area (Å²) in [4.78, 5) is 28.9. The summed E-state index contributed by atoms with van der Waals surface area (Å²) >= 11 is 12.4. The molecule has 3 rings (SSSR count). The van der Waals surface area contributed by atoms with E-state index in [1.807, 2.05) is 0 Å². The van der Waals surface area contributed by atoms with Gasteiger partial charge in [-0.25, -0.2) is 8.78 Å². The molecule has 3 aromatic rings. The SMILES string of the molecule is CNC(=O)c1ccc(Cl)c(-n2c(C)nc(OCc3ccc(F)cc3F)c(Cl)c2=O)c1. The Morgan fingerprint density at radius 3 is 2.60 bits per heavy atom. The average Bonchev–Trinajstić information content (AvgIpc) is 2.71. The minimum atomic E-state index is -0.797. The molecule has 0 saturated carbocycles. The molecule has 1 amide bonds. The van der Waals surface area contributed by atoms with Gasteiger partial charge in [0.1, 0.15) is 24.1 Å². The van der Waals surface area contributed by atoms with E-state index in [0.717, 1.165) is 16.7 Å². The number of aromatic nitrogens is 2. The van der Waals surface area contributed by atoms with Crippen molar-refractivity contribution >= 4 is 29.1 Å². The summed E-state index contributed by atoms with van der Waals surface area (Å²) in [5.74, 6) is -1.91. The van der Waals surface area contributed by atoms with E-state index < -0.39 is 17.2 Å². The predicted octanol–water partition coefficient (Wildman–Crippen LogP) is 4.06. The van der Waals surface area contributed by atoms with Crippen LogP contribution in [0.25, 0.3) is 5.69 Å². The molecule has 6 nitrogen and oxygen atoms in total. The number of carbonyl (C=O) groups excluding carboxylic acids is 1. The van der Waals surface area contributed by atoms with Gasteiger partial charge in [0.25, 0.3) is 11.5 Å². The fourth-order valence-electron chi connectivity index (χ4n) is 2.72. The lowest BCUT2D eigenvalue weighted by molar-refractivity contribution is 0.0963. The first-order valence-electron chi connectivity index (χ1n) is 8.60. The summed E-state index contributed by atoms with van der Waals surface area (Å²) in [6, 6.07) is 7.44. The number of halogens is 4. The number of amides is 1. The first-order valence-corrected chi connectivity index (χ1v) is 9.36. The van der Waals surface area contributed by atoms with E-state index in [0.29, 0.717) is 0 Å². The number of ether oxygens (including phenoxy) is 1. The van der Waals surface area contributed by atoms with Gasteiger partial charge < -0.3 is 10.1 Å². The third kappa shape index (κ3) is 4.29. The van der Waals surface area contributed by atoms with Crippen molar-refractivity contribution < 1.29 is 18.3 Å². The number of aryl methyl sites for hydroxylation is 1. The van der Waals surface area contributed by atoms with Gasteiger partial charge >= 0.3 is 0 Å². The van der Waals surface area contributed by atoms with E-state index in [1.165, 1.54) is 38.2 Å². The van der Waals surface area contributed by atoms with Crippen molar-refractivity contribution in [1.29, 1.82) is 0 Å². The number of benzene rings is 2. The van der Waals surface area contributed by atoms with E-state index in [-0.39, 0.29) is 51.1 Å². The van der Waals surface area contributed by atoms with Crippen molar-refractivity contribution in [3.63, 3.8) is 0 Å². The summed E-state index contributed by atoms with van der Waals surface area (Å²) < 4.78 is 33.3. The Morgan fingerprint density at radius 2 is 1.93 bits per heavy atom. The van der Waals surface area contributed by atoms with E-state index >= 15 is 0 Å². The zero-order chi connectivity index (χ0) is 22.0. The van der Waals surface area contributed by atoms with Gasteiger partial charge in [-0.3, -0.25) is 14.2 Å². The van der Waals surface area contributed by atoms with Crippen molar-refractivity contribution in [3.05, 3.63) is 85.4 Å². The molecule has 30 heavy (non-hydrogen) atoms. The van der Waals surface area contributed by atoms with Crippen LogP contribution in [0, 0.1) is 18.6 Å². The molecule has 0 bridgehead atoms. The van der Waals surface area contributed by atoms with Crippen LogP contribution in [0.2, 0.25) is 10.0 Å². The zero-order valence-corrected chi connectivity index (χ0v) is 17.3. The summed E-state index contributed by atoms with van der Waals surface area (Å²) in [7, 11) is 1.47. The molecule has 1 N–H and O–H groups in total. The Labute approximate surface area is 180 Å². The van der Waals surface area contributed by atoms with Crippen molar-refractivity contribution in [2.75, 3.05) is 7.05 Å². The lowest BCUT2D eigenvalue weighted by atomic mass is 10.2. The fraction of sp³-hybridized carbons (Fsp3) is 0.150. The highest BCUT2D eigenvalue weighted by atomic mass is 35.5. The number of hydrogen-bond donors (Lipinski definition) is 1. The summed E-state index contributed by atoms with van der Waals surface area (Å²) in [6.45, 7) is 1.21. The summed E-state index contributed by atoms with van der Waals surface area (Å²) in [5, 5.41) is 2.33. The van der Waals surface area contributed by atoms with Crippen molar-refractivity contribution in [3.8, 4) is 11.6 Å². The van der Waals surface area contributed by atoms with Gasteiger partial charge in [-0.1, -0.05) is 23.2 Å². The van der Waals surface area contributed by atoms with Crippen LogP contribution in [-0.2, 0) is 6.61 Å². The van der Waals surface area contributed by atoms with Gasteiger partial charge in [-0.05, 0) is 37.3 Å². The first-order chi connectivity index (χ1) is 14.2. The Kier molecular flexibility index (Phi) is 6.38. The summed E-state index contributed by atoms with van der Waals surface area (Å²) in [6.07, 6.45) is 0. The smallest absolute Gasteiger partial charge is 0.280 e.